The van der Waals surface area contributed by atoms with Crippen molar-refractivity contribution in [3.05, 3.63) is 69.7 Å². The van der Waals surface area contributed by atoms with Crippen LogP contribution in [0.2, 0.25) is 10.0 Å². The maximum Gasteiger partial charge on any atom is 0.266 e. The lowest BCUT2D eigenvalue weighted by Gasteiger charge is -2.25. The van der Waals surface area contributed by atoms with Crippen LogP contribution >= 0.6 is 23.2 Å². The zero-order valence-electron chi connectivity index (χ0n) is 12.5. The Labute approximate surface area is 140 Å². The first kappa shape index (κ1) is 15.3. The lowest BCUT2D eigenvalue weighted by Crippen LogP contribution is -2.30. The zero-order valence-corrected chi connectivity index (χ0v) is 14.0. The molecule has 2 atom stereocenters. The van der Waals surface area contributed by atoms with Crippen molar-refractivity contribution in [1.82, 2.24) is 4.90 Å². The summed E-state index contributed by atoms with van der Waals surface area (Å²) < 4.78 is 2.05. The van der Waals surface area contributed by atoms with Gasteiger partial charge in [-0.3, -0.25) is 5.73 Å². The molecule has 22 heavy (non-hydrogen) atoms. The summed E-state index contributed by atoms with van der Waals surface area (Å²) in [6.45, 7) is 0. The predicted octanol–water partition coefficient (Wildman–Crippen LogP) is 3.68. The molecule has 1 aliphatic rings. The third kappa shape index (κ3) is 2.39. The first-order valence-electron chi connectivity index (χ1n) is 7.08. The number of amidine groups is 1. The topological polar surface area (TPSA) is 32.3 Å². The van der Waals surface area contributed by atoms with Crippen LogP contribution in [-0.4, -0.2) is 29.4 Å². The molecule has 1 heterocycles. The van der Waals surface area contributed by atoms with Gasteiger partial charge in [0.2, 0.25) is 0 Å². The van der Waals surface area contributed by atoms with Gasteiger partial charge >= 0.3 is 0 Å². The highest BCUT2D eigenvalue weighted by atomic mass is 35.5. The average Bonchev–Trinajstić information content (AvgIpc) is 2.72. The highest BCUT2D eigenvalue weighted by Gasteiger charge is 2.43. The first-order chi connectivity index (χ1) is 10.5. The van der Waals surface area contributed by atoms with Crippen LogP contribution in [0.15, 0.2) is 48.5 Å². The van der Waals surface area contributed by atoms with Gasteiger partial charge in [-0.15, -0.1) is 0 Å². The SMILES string of the molecule is CN1[C@@H](c2ccccc2Cl)C(N)=[N+](C)[C@@H]1c1ccccc1Cl. The minimum Gasteiger partial charge on any atom is -0.289 e. The molecule has 2 aromatic carbocycles. The summed E-state index contributed by atoms with van der Waals surface area (Å²) in [4.78, 5) is 2.19. The quantitative estimate of drug-likeness (QED) is 0.849. The van der Waals surface area contributed by atoms with Gasteiger partial charge in [0, 0.05) is 21.2 Å². The zero-order chi connectivity index (χ0) is 15.9. The molecule has 1 aliphatic heterocycles. The Morgan fingerprint density at radius 1 is 0.955 bits per heavy atom. The van der Waals surface area contributed by atoms with Crippen molar-refractivity contribution in [3.63, 3.8) is 0 Å². The van der Waals surface area contributed by atoms with E-state index in [2.05, 4.69) is 9.48 Å². The van der Waals surface area contributed by atoms with E-state index in [0.29, 0.717) is 0 Å². The summed E-state index contributed by atoms with van der Waals surface area (Å²) in [5.41, 5.74) is 8.43. The fourth-order valence-corrected chi connectivity index (χ4v) is 3.62. The number of rotatable bonds is 2. The Balaban J connectivity index is 2.08. The van der Waals surface area contributed by atoms with Crippen LogP contribution in [0, 0.1) is 0 Å². The number of benzene rings is 2. The van der Waals surface area contributed by atoms with Crippen LogP contribution in [0.4, 0.5) is 0 Å². The van der Waals surface area contributed by atoms with Crippen molar-refractivity contribution in [2.24, 2.45) is 5.73 Å². The second-order valence-electron chi connectivity index (χ2n) is 5.52. The minimum atomic E-state index is -0.0695. The maximum atomic E-state index is 6.39. The van der Waals surface area contributed by atoms with Crippen LogP contribution in [-0.2, 0) is 0 Å². The van der Waals surface area contributed by atoms with E-state index in [1.807, 2.05) is 62.6 Å². The molecular weight excluding hydrogens is 317 g/mol. The van der Waals surface area contributed by atoms with Crippen LogP contribution in [0.1, 0.15) is 23.3 Å². The maximum absolute atomic E-state index is 6.39. The highest BCUT2D eigenvalue weighted by molar-refractivity contribution is 6.32. The van der Waals surface area contributed by atoms with Gasteiger partial charge in [0.15, 0.2) is 6.17 Å². The van der Waals surface area contributed by atoms with Gasteiger partial charge in [0.05, 0.1) is 7.05 Å². The third-order valence-corrected chi connectivity index (χ3v) is 4.92. The number of hydrogen-bond donors (Lipinski definition) is 1. The van der Waals surface area contributed by atoms with Crippen molar-refractivity contribution in [3.8, 4) is 0 Å². The fourth-order valence-electron chi connectivity index (χ4n) is 3.15. The minimum absolute atomic E-state index is 0.0185. The molecule has 0 aromatic heterocycles. The number of nitrogens with zero attached hydrogens (tertiary/aromatic N) is 2. The molecule has 0 saturated heterocycles. The first-order valence-corrected chi connectivity index (χ1v) is 7.84. The number of halogens is 2. The second kappa shape index (κ2) is 5.92. The van der Waals surface area contributed by atoms with Crippen LogP contribution < -0.4 is 5.73 Å². The highest BCUT2D eigenvalue weighted by Crippen LogP contribution is 2.39. The van der Waals surface area contributed by atoms with Crippen molar-refractivity contribution in [2.45, 2.75) is 12.2 Å². The molecule has 0 spiro atoms. The van der Waals surface area contributed by atoms with Gasteiger partial charge < -0.3 is 0 Å². The molecule has 114 valence electrons. The molecule has 3 rings (SSSR count). The van der Waals surface area contributed by atoms with E-state index in [-0.39, 0.29) is 12.2 Å². The van der Waals surface area contributed by atoms with Crippen molar-refractivity contribution in [1.29, 1.82) is 0 Å². The van der Waals surface area contributed by atoms with Gasteiger partial charge in [-0.25, -0.2) is 9.48 Å². The van der Waals surface area contributed by atoms with Gasteiger partial charge in [-0.1, -0.05) is 59.6 Å². The number of hydrogen-bond acceptors (Lipinski definition) is 2. The lowest BCUT2D eigenvalue weighted by molar-refractivity contribution is -0.557. The number of nitrogens with two attached hydrogens (primary N) is 1. The second-order valence-corrected chi connectivity index (χ2v) is 6.33. The Bertz CT molecular complexity index is 681. The Kier molecular flexibility index (Phi) is 4.13. The predicted molar refractivity (Wildman–Crippen MR) is 91.5 cm³/mol. The van der Waals surface area contributed by atoms with Gasteiger partial charge in [0.25, 0.3) is 5.84 Å². The standard InChI is InChI=1S/C17H17Cl2N3/c1-21-15(11-7-3-5-9-13(11)18)16(20)22(2)17(21)12-8-4-6-10-14(12)19/h3-10,15,17,20H,1-2H3/p+1/t15-,17+/m0/s1. The summed E-state index contributed by atoms with van der Waals surface area (Å²) in [5, 5.41) is 1.45. The molecule has 2 N–H and O–H groups in total. The molecule has 0 radical (unpaired) electrons. The van der Waals surface area contributed by atoms with E-state index >= 15 is 0 Å². The molecule has 2 aromatic rings. The summed E-state index contributed by atoms with van der Waals surface area (Å²) in [7, 11) is 4.02. The normalized spacial score (nSPS) is 22.4. The fraction of sp³-hybridized carbons (Fsp3) is 0.235. The van der Waals surface area contributed by atoms with Crippen molar-refractivity contribution in [2.75, 3.05) is 14.1 Å². The van der Waals surface area contributed by atoms with E-state index in [9.17, 15) is 0 Å². The van der Waals surface area contributed by atoms with Crippen molar-refractivity contribution >= 4 is 29.0 Å². The Morgan fingerprint density at radius 3 is 2.00 bits per heavy atom. The summed E-state index contributed by atoms with van der Waals surface area (Å²) in [6, 6.07) is 15.6. The average molecular weight is 335 g/mol. The molecule has 0 fully saturated rings. The van der Waals surface area contributed by atoms with Gasteiger partial charge in [-0.05, 0) is 19.2 Å². The molecule has 5 heteroatoms. The molecule has 0 amide bonds. The summed E-state index contributed by atoms with van der Waals surface area (Å²) in [6.07, 6.45) is -0.0185. The third-order valence-electron chi connectivity index (χ3n) is 4.23. The Morgan fingerprint density at radius 2 is 1.45 bits per heavy atom. The van der Waals surface area contributed by atoms with Crippen LogP contribution in [0.25, 0.3) is 0 Å². The van der Waals surface area contributed by atoms with E-state index in [1.165, 1.54) is 0 Å². The van der Waals surface area contributed by atoms with E-state index in [4.69, 9.17) is 28.9 Å². The summed E-state index contributed by atoms with van der Waals surface area (Å²) in [5.74, 6) is 0.764. The smallest absolute Gasteiger partial charge is 0.266 e. The van der Waals surface area contributed by atoms with E-state index < -0.39 is 0 Å². The van der Waals surface area contributed by atoms with Crippen LogP contribution in [0.3, 0.4) is 0 Å². The molecule has 3 nitrogen and oxygen atoms in total. The molecule has 0 bridgehead atoms. The molecule has 0 saturated carbocycles. The van der Waals surface area contributed by atoms with Crippen LogP contribution in [0.5, 0.6) is 0 Å². The van der Waals surface area contributed by atoms with Crippen molar-refractivity contribution < 1.29 is 4.58 Å². The molecule has 0 aliphatic carbocycles. The van der Waals surface area contributed by atoms with E-state index in [0.717, 1.165) is 27.0 Å². The Hall–Kier alpha value is -1.55. The number of likely N-dealkylation sites (N-methyl/N-ethyl adjacent to an activating group) is 1. The lowest BCUT2D eigenvalue weighted by atomic mass is 10.0. The molecular formula is C17H18Cl2N3+. The monoisotopic (exact) mass is 334 g/mol. The van der Waals surface area contributed by atoms with Gasteiger partial charge in [-0.2, -0.15) is 0 Å². The van der Waals surface area contributed by atoms with E-state index in [1.54, 1.807) is 0 Å². The van der Waals surface area contributed by atoms with Gasteiger partial charge in [0.1, 0.15) is 6.04 Å². The molecule has 0 unspecified atom stereocenters. The summed E-state index contributed by atoms with van der Waals surface area (Å²) >= 11 is 12.7. The largest absolute Gasteiger partial charge is 0.289 e.